The normalized spacial score (nSPS) is 11.6. The van der Waals surface area contributed by atoms with Crippen molar-refractivity contribution in [1.82, 2.24) is 4.90 Å². The van der Waals surface area contributed by atoms with Gasteiger partial charge < -0.3 is 9.64 Å². The fourth-order valence-electron chi connectivity index (χ4n) is 2.02. The second kappa shape index (κ2) is 6.85. The molecule has 0 saturated heterocycles. The Kier molecular flexibility index (Phi) is 5.90. The van der Waals surface area contributed by atoms with Crippen LogP contribution >= 0.6 is 22.3 Å². The second-order valence-electron chi connectivity index (χ2n) is 4.61. The Morgan fingerprint density at radius 3 is 2.33 bits per heavy atom. The highest BCUT2D eigenvalue weighted by molar-refractivity contribution is 8.13. The molecule has 0 spiro atoms. The van der Waals surface area contributed by atoms with Gasteiger partial charge in [0, 0.05) is 28.3 Å². The third-order valence-corrected chi connectivity index (χ3v) is 4.49. The Hall–Kier alpha value is -0.980. The molecule has 0 aliphatic carbocycles. The number of hydrogen-bond donors (Lipinski definition) is 0. The molecular weight excluding hydrogens is 337 g/mol. The number of nitrogens with zero attached hydrogens (tertiary/aromatic N) is 1. The van der Waals surface area contributed by atoms with Crippen LogP contribution < -0.4 is 4.74 Å². The smallest absolute Gasteiger partial charge is 0.265 e. The van der Waals surface area contributed by atoms with Crippen LogP contribution in [0.4, 0.5) is 0 Å². The third kappa shape index (κ3) is 4.02. The van der Waals surface area contributed by atoms with Crippen LogP contribution in [0.1, 0.15) is 31.1 Å². The van der Waals surface area contributed by atoms with E-state index >= 15 is 0 Å². The molecule has 118 valence electrons. The molecule has 0 N–H and O–H groups in total. The summed E-state index contributed by atoms with van der Waals surface area (Å²) < 4.78 is 28.3. The Morgan fingerprint density at radius 2 is 1.95 bits per heavy atom. The molecule has 1 aromatic rings. The first kappa shape index (κ1) is 18.1. The number of carbonyl (C=O) groups is 1. The summed E-state index contributed by atoms with van der Waals surface area (Å²) in [4.78, 5) is 13.8. The summed E-state index contributed by atoms with van der Waals surface area (Å²) in [6.07, 6.45) is 0. The zero-order chi connectivity index (χ0) is 16.4. The average Bonchev–Trinajstić information content (AvgIpc) is 2.36. The molecule has 0 fully saturated rings. The fourth-order valence-corrected chi connectivity index (χ4v) is 3.33. The summed E-state index contributed by atoms with van der Waals surface area (Å²) in [5.74, 6) is -0.466. The van der Waals surface area contributed by atoms with E-state index in [1.807, 2.05) is 20.8 Å². The Balaban J connectivity index is 3.56. The minimum Gasteiger partial charge on any atom is -0.494 e. The van der Waals surface area contributed by atoms with Crippen LogP contribution in [0.25, 0.3) is 0 Å². The summed E-state index contributed by atoms with van der Waals surface area (Å²) in [5.41, 5.74) is 0.0692. The van der Waals surface area contributed by atoms with Gasteiger partial charge in [0.15, 0.2) is 5.75 Å². The number of hydrogen-bond acceptors (Lipinski definition) is 4. The minimum atomic E-state index is -4.08. The molecule has 0 bridgehead atoms. The minimum absolute atomic E-state index is 0.0535. The van der Waals surface area contributed by atoms with Crippen molar-refractivity contribution in [1.29, 1.82) is 0 Å². The molecule has 21 heavy (non-hydrogen) atoms. The molecule has 0 aliphatic rings. The molecule has 1 aromatic carbocycles. The summed E-state index contributed by atoms with van der Waals surface area (Å²) in [6, 6.07) is 2.48. The first-order valence-electron chi connectivity index (χ1n) is 6.26. The predicted molar refractivity (Wildman–Crippen MR) is 82.9 cm³/mol. The molecule has 8 heteroatoms. The zero-order valence-corrected chi connectivity index (χ0v) is 14.5. The van der Waals surface area contributed by atoms with E-state index < -0.39 is 9.05 Å². The maximum atomic E-state index is 12.6. The lowest BCUT2D eigenvalue weighted by atomic mass is 10.1. The number of ether oxygens (including phenoxy) is 1. The zero-order valence-electron chi connectivity index (χ0n) is 12.2. The van der Waals surface area contributed by atoms with Crippen LogP contribution in [0.5, 0.6) is 5.75 Å². The molecule has 1 amide bonds. The van der Waals surface area contributed by atoms with E-state index in [0.717, 1.165) is 6.07 Å². The van der Waals surface area contributed by atoms with Gasteiger partial charge in [0.2, 0.25) is 0 Å². The average molecular weight is 354 g/mol. The highest BCUT2D eigenvalue weighted by atomic mass is 35.7. The number of rotatable bonds is 5. The van der Waals surface area contributed by atoms with Crippen molar-refractivity contribution in [3.63, 3.8) is 0 Å². The Bertz CT molecular complexity index is 644. The number of methoxy groups -OCH3 is 1. The lowest BCUT2D eigenvalue weighted by Gasteiger charge is -2.26. The first-order chi connectivity index (χ1) is 9.63. The highest BCUT2D eigenvalue weighted by Gasteiger charge is 2.27. The molecule has 5 nitrogen and oxygen atoms in total. The molecule has 0 atom stereocenters. The van der Waals surface area contributed by atoms with E-state index in [4.69, 9.17) is 27.0 Å². The van der Waals surface area contributed by atoms with Gasteiger partial charge >= 0.3 is 0 Å². The third-order valence-electron chi connectivity index (χ3n) is 2.94. The van der Waals surface area contributed by atoms with Crippen LogP contribution in [0.3, 0.4) is 0 Å². The molecule has 0 saturated carbocycles. The van der Waals surface area contributed by atoms with Crippen molar-refractivity contribution in [3.05, 3.63) is 22.7 Å². The van der Waals surface area contributed by atoms with Gasteiger partial charge in [0.05, 0.1) is 12.7 Å². The molecule has 0 unspecified atom stereocenters. The van der Waals surface area contributed by atoms with Crippen molar-refractivity contribution in [2.75, 3.05) is 13.7 Å². The van der Waals surface area contributed by atoms with Crippen molar-refractivity contribution >= 4 is 37.2 Å². The second-order valence-corrected chi connectivity index (χ2v) is 7.58. The van der Waals surface area contributed by atoms with E-state index in [1.165, 1.54) is 13.2 Å². The van der Waals surface area contributed by atoms with Crippen LogP contribution in [-0.2, 0) is 9.05 Å². The van der Waals surface area contributed by atoms with E-state index in [0.29, 0.717) is 6.54 Å². The van der Waals surface area contributed by atoms with E-state index in [9.17, 15) is 13.2 Å². The van der Waals surface area contributed by atoms with Crippen molar-refractivity contribution in [2.24, 2.45) is 0 Å². The Morgan fingerprint density at radius 1 is 1.38 bits per heavy atom. The van der Waals surface area contributed by atoms with Gasteiger partial charge in [0.1, 0.15) is 4.90 Å². The van der Waals surface area contributed by atoms with Crippen LogP contribution in [-0.4, -0.2) is 38.9 Å². The van der Waals surface area contributed by atoms with Crippen molar-refractivity contribution in [2.45, 2.75) is 31.7 Å². The maximum Gasteiger partial charge on any atom is 0.265 e. The predicted octanol–water partition coefficient (Wildman–Crippen LogP) is 3.15. The molecule has 0 heterocycles. The molecular formula is C13H17Cl2NO4S. The first-order valence-corrected chi connectivity index (χ1v) is 8.95. The van der Waals surface area contributed by atoms with Crippen LogP contribution in [0, 0.1) is 0 Å². The lowest BCUT2D eigenvalue weighted by Crippen LogP contribution is -2.37. The van der Waals surface area contributed by atoms with Gasteiger partial charge in [-0.15, -0.1) is 0 Å². The van der Waals surface area contributed by atoms with Gasteiger partial charge in [-0.05, 0) is 32.9 Å². The number of carbonyl (C=O) groups excluding carboxylic acids is 1. The number of halogens is 2. The van der Waals surface area contributed by atoms with Crippen molar-refractivity contribution in [3.8, 4) is 5.75 Å². The quantitative estimate of drug-likeness (QED) is 0.762. The Labute approximate surface area is 134 Å². The van der Waals surface area contributed by atoms with Crippen molar-refractivity contribution < 1.29 is 17.9 Å². The van der Waals surface area contributed by atoms with Gasteiger partial charge in [-0.3, -0.25) is 4.79 Å². The highest BCUT2D eigenvalue weighted by Crippen LogP contribution is 2.34. The van der Waals surface area contributed by atoms with E-state index in [-0.39, 0.29) is 33.2 Å². The largest absolute Gasteiger partial charge is 0.494 e. The maximum absolute atomic E-state index is 12.6. The topological polar surface area (TPSA) is 63.7 Å². The fraction of sp³-hybridized carbons (Fsp3) is 0.462. The van der Waals surface area contributed by atoms with Crippen LogP contribution in [0.15, 0.2) is 17.0 Å². The van der Waals surface area contributed by atoms with E-state index in [1.54, 1.807) is 4.90 Å². The van der Waals surface area contributed by atoms with Crippen LogP contribution in [0.2, 0.25) is 5.02 Å². The number of benzene rings is 1. The summed E-state index contributed by atoms with van der Waals surface area (Å²) in [7, 11) is 2.57. The standard InChI is InChI=1S/C13H17Cl2NO4S/c1-5-16(8(2)3)13(17)10-6-9(14)7-11(12(10)20-4)21(15,18)19/h6-8H,5H2,1-4H3. The summed E-state index contributed by atoms with van der Waals surface area (Å²) in [6.45, 7) is 6.01. The molecule has 0 radical (unpaired) electrons. The van der Waals surface area contributed by atoms with Gasteiger partial charge in [-0.25, -0.2) is 8.42 Å². The molecule has 0 aliphatic heterocycles. The van der Waals surface area contributed by atoms with E-state index in [2.05, 4.69) is 0 Å². The number of amides is 1. The molecule has 1 rings (SSSR count). The van der Waals surface area contributed by atoms with Gasteiger partial charge in [-0.2, -0.15) is 0 Å². The molecule has 0 aromatic heterocycles. The summed E-state index contributed by atoms with van der Waals surface area (Å²) in [5, 5.41) is 0.0955. The SMILES string of the molecule is CCN(C(=O)c1cc(Cl)cc(S(=O)(=O)Cl)c1OC)C(C)C. The van der Waals surface area contributed by atoms with Gasteiger partial charge in [-0.1, -0.05) is 11.6 Å². The summed E-state index contributed by atoms with van der Waals surface area (Å²) >= 11 is 5.91. The monoisotopic (exact) mass is 353 g/mol. The van der Waals surface area contributed by atoms with Gasteiger partial charge in [0.25, 0.3) is 15.0 Å². The lowest BCUT2D eigenvalue weighted by molar-refractivity contribution is 0.0713.